The van der Waals surface area contributed by atoms with Gasteiger partial charge in [-0.15, -0.1) is 13.2 Å². The first-order chi connectivity index (χ1) is 10.0. The molecule has 2 N–H and O–H groups in total. The van der Waals surface area contributed by atoms with E-state index >= 15 is 0 Å². The monoisotopic (exact) mass is 298 g/mol. The molecule has 0 bridgehead atoms. The molecule has 0 aromatic carbocycles. The second-order valence-corrected chi connectivity index (χ2v) is 5.11. The first-order valence-electron chi connectivity index (χ1n) is 7.46. The number of rotatable bonds is 12. The first-order valence-corrected chi connectivity index (χ1v) is 7.46. The predicted octanol–water partition coefficient (Wildman–Crippen LogP) is 1.34. The van der Waals surface area contributed by atoms with Crippen LogP contribution in [0.4, 0.5) is 0 Å². The summed E-state index contributed by atoms with van der Waals surface area (Å²) in [6.07, 6.45) is 4.76. The molecule has 0 saturated heterocycles. The summed E-state index contributed by atoms with van der Waals surface area (Å²) in [5, 5.41) is 13.5. The highest BCUT2D eigenvalue weighted by Gasteiger charge is 2.25. The number of nitrogens with zero attached hydrogens (tertiary/aromatic N) is 1. The number of methoxy groups -OCH3 is 1. The number of hydrogen-bond donors (Lipinski definition) is 2. The second kappa shape index (κ2) is 11.5. The number of carbonyl (C=O) groups excluding carboxylic acids is 1. The fourth-order valence-electron chi connectivity index (χ4n) is 2.23. The molecule has 0 amide bonds. The van der Waals surface area contributed by atoms with Crippen LogP contribution in [0, 0.1) is 0 Å². The van der Waals surface area contributed by atoms with E-state index in [0.717, 1.165) is 6.42 Å². The quantitative estimate of drug-likeness (QED) is 0.420. The van der Waals surface area contributed by atoms with E-state index in [1.165, 1.54) is 7.11 Å². The van der Waals surface area contributed by atoms with Gasteiger partial charge >= 0.3 is 5.97 Å². The summed E-state index contributed by atoms with van der Waals surface area (Å²) in [7, 11) is 1.37. The standard InChI is InChI=1S/C16H30N2O3/c1-6-9-15(19)14(18(10-7-2)11-8-3)12-17-13(4)16(20)21-5/h7-8,13-15,17,19H,2-3,6,9-12H2,1,4-5H3/t13-,14+,15+/m0/s1. The molecule has 5 nitrogen and oxygen atoms in total. The minimum atomic E-state index is -0.466. The van der Waals surface area contributed by atoms with Crippen LogP contribution in [-0.2, 0) is 9.53 Å². The number of nitrogens with one attached hydrogen (secondary N) is 1. The van der Waals surface area contributed by atoms with E-state index in [9.17, 15) is 9.90 Å². The molecule has 0 aromatic heterocycles. The minimum Gasteiger partial charge on any atom is -0.468 e. The molecule has 21 heavy (non-hydrogen) atoms. The van der Waals surface area contributed by atoms with E-state index in [4.69, 9.17) is 4.74 Å². The summed E-state index contributed by atoms with van der Waals surface area (Å²) >= 11 is 0. The smallest absolute Gasteiger partial charge is 0.322 e. The number of esters is 1. The van der Waals surface area contributed by atoms with Gasteiger partial charge in [-0.1, -0.05) is 25.5 Å². The van der Waals surface area contributed by atoms with Gasteiger partial charge in [-0.05, 0) is 13.3 Å². The van der Waals surface area contributed by atoms with Crippen molar-refractivity contribution in [2.24, 2.45) is 0 Å². The third-order valence-corrected chi connectivity index (χ3v) is 3.41. The Morgan fingerprint density at radius 3 is 2.38 bits per heavy atom. The maximum absolute atomic E-state index is 11.4. The zero-order chi connectivity index (χ0) is 16.3. The lowest BCUT2D eigenvalue weighted by Crippen LogP contribution is -2.52. The molecular formula is C16H30N2O3. The van der Waals surface area contributed by atoms with Gasteiger partial charge in [-0.2, -0.15) is 0 Å². The topological polar surface area (TPSA) is 61.8 Å². The summed E-state index contributed by atoms with van der Waals surface area (Å²) in [6.45, 7) is 13.1. The third-order valence-electron chi connectivity index (χ3n) is 3.41. The molecule has 0 aliphatic carbocycles. The van der Waals surface area contributed by atoms with Gasteiger partial charge in [0.15, 0.2) is 0 Å². The molecule has 0 radical (unpaired) electrons. The minimum absolute atomic E-state index is 0.104. The van der Waals surface area contributed by atoms with Crippen LogP contribution in [0.3, 0.4) is 0 Å². The number of aliphatic hydroxyl groups excluding tert-OH is 1. The van der Waals surface area contributed by atoms with Crippen molar-refractivity contribution in [1.82, 2.24) is 10.2 Å². The van der Waals surface area contributed by atoms with Gasteiger partial charge in [-0.3, -0.25) is 9.69 Å². The molecular weight excluding hydrogens is 268 g/mol. The van der Waals surface area contributed by atoms with Gasteiger partial charge in [0, 0.05) is 25.7 Å². The van der Waals surface area contributed by atoms with Crippen molar-refractivity contribution in [3.05, 3.63) is 25.3 Å². The van der Waals surface area contributed by atoms with Crippen LogP contribution in [0.25, 0.3) is 0 Å². The van der Waals surface area contributed by atoms with E-state index in [2.05, 4.69) is 23.4 Å². The molecule has 0 aliphatic heterocycles. The average Bonchev–Trinajstić information content (AvgIpc) is 2.47. The highest BCUT2D eigenvalue weighted by atomic mass is 16.5. The SMILES string of the molecule is C=CCN(CC=C)[C@H](CN[C@@H](C)C(=O)OC)[C@H](O)CCC. The normalized spacial score (nSPS) is 15.3. The molecule has 3 atom stereocenters. The highest BCUT2D eigenvalue weighted by molar-refractivity contribution is 5.75. The van der Waals surface area contributed by atoms with E-state index in [-0.39, 0.29) is 12.0 Å². The van der Waals surface area contributed by atoms with Crippen LogP contribution in [0.1, 0.15) is 26.7 Å². The molecule has 0 saturated carbocycles. The molecule has 0 aliphatic rings. The molecule has 0 fully saturated rings. The van der Waals surface area contributed by atoms with Gasteiger partial charge in [0.2, 0.25) is 0 Å². The number of ether oxygens (including phenoxy) is 1. The second-order valence-electron chi connectivity index (χ2n) is 5.11. The Labute approximate surface area is 128 Å². The molecule has 0 unspecified atom stereocenters. The van der Waals surface area contributed by atoms with E-state index < -0.39 is 12.1 Å². The summed E-state index contributed by atoms with van der Waals surface area (Å²) in [6, 6.07) is -0.506. The Kier molecular flexibility index (Phi) is 10.8. The summed E-state index contributed by atoms with van der Waals surface area (Å²) in [5.41, 5.74) is 0. The zero-order valence-electron chi connectivity index (χ0n) is 13.5. The first kappa shape index (κ1) is 19.8. The van der Waals surface area contributed by atoms with Gasteiger partial charge in [0.05, 0.1) is 13.2 Å². The lowest BCUT2D eigenvalue weighted by molar-refractivity contribution is -0.142. The zero-order valence-corrected chi connectivity index (χ0v) is 13.5. The molecule has 0 rings (SSSR count). The largest absolute Gasteiger partial charge is 0.468 e. The van der Waals surface area contributed by atoms with Crippen molar-refractivity contribution < 1.29 is 14.6 Å². The van der Waals surface area contributed by atoms with Gasteiger partial charge in [0.25, 0.3) is 0 Å². The Morgan fingerprint density at radius 2 is 1.95 bits per heavy atom. The van der Waals surface area contributed by atoms with Crippen molar-refractivity contribution in [3.8, 4) is 0 Å². The van der Waals surface area contributed by atoms with Crippen molar-refractivity contribution in [2.75, 3.05) is 26.7 Å². The third kappa shape index (κ3) is 7.41. The summed E-state index contributed by atoms with van der Waals surface area (Å²) in [5.74, 6) is -0.308. The Hall–Kier alpha value is -1.17. The van der Waals surface area contributed by atoms with Crippen LogP contribution in [0.15, 0.2) is 25.3 Å². The Bertz CT molecular complexity index is 311. The predicted molar refractivity (Wildman–Crippen MR) is 86.2 cm³/mol. The Balaban J connectivity index is 4.81. The van der Waals surface area contributed by atoms with Crippen LogP contribution in [-0.4, -0.2) is 60.9 Å². The lowest BCUT2D eigenvalue weighted by atomic mass is 10.0. The van der Waals surface area contributed by atoms with Gasteiger partial charge in [-0.25, -0.2) is 0 Å². The van der Waals surface area contributed by atoms with Crippen LogP contribution >= 0.6 is 0 Å². The fourth-order valence-corrected chi connectivity index (χ4v) is 2.23. The average molecular weight is 298 g/mol. The van der Waals surface area contributed by atoms with Crippen molar-refractivity contribution in [1.29, 1.82) is 0 Å². The summed E-state index contributed by atoms with van der Waals surface area (Å²) in [4.78, 5) is 13.5. The number of hydrogen-bond acceptors (Lipinski definition) is 5. The van der Waals surface area contributed by atoms with E-state index in [0.29, 0.717) is 26.1 Å². The van der Waals surface area contributed by atoms with Crippen molar-refractivity contribution >= 4 is 5.97 Å². The number of carbonyl (C=O) groups is 1. The molecule has 0 spiro atoms. The summed E-state index contributed by atoms with van der Waals surface area (Å²) < 4.78 is 4.70. The maximum atomic E-state index is 11.4. The van der Waals surface area contributed by atoms with Gasteiger partial charge in [0.1, 0.15) is 6.04 Å². The Morgan fingerprint density at radius 1 is 1.38 bits per heavy atom. The van der Waals surface area contributed by atoms with Gasteiger partial charge < -0.3 is 15.2 Å². The van der Waals surface area contributed by atoms with E-state index in [1.807, 2.05) is 6.92 Å². The lowest BCUT2D eigenvalue weighted by Gasteiger charge is -2.34. The van der Waals surface area contributed by atoms with E-state index in [1.54, 1.807) is 19.1 Å². The molecule has 0 heterocycles. The van der Waals surface area contributed by atoms with Crippen LogP contribution < -0.4 is 5.32 Å². The van der Waals surface area contributed by atoms with Crippen molar-refractivity contribution in [3.63, 3.8) is 0 Å². The van der Waals surface area contributed by atoms with Crippen molar-refractivity contribution in [2.45, 2.75) is 44.9 Å². The van der Waals surface area contributed by atoms with Crippen LogP contribution in [0.2, 0.25) is 0 Å². The highest BCUT2D eigenvalue weighted by Crippen LogP contribution is 2.10. The molecule has 5 heteroatoms. The number of aliphatic hydroxyl groups is 1. The maximum Gasteiger partial charge on any atom is 0.322 e. The fraction of sp³-hybridized carbons (Fsp3) is 0.688. The molecule has 122 valence electrons. The molecule has 0 aromatic rings. The van der Waals surface area contributed by atoms with Crippen LogP contribution in [0.5, 0.6) is 0 Å².